The number of rotatable bonds is 5. The summed E-state index contributed by atoms with van der Waals surface area (Å²) in [6.07, 6.45) is 1.52. The summed E-state index contributed by atoms with van der Waals surface area (Å²) in [4.78, 5) is 14.8. The predicted molar refractivity (Wildman–Crippen MR) is 99.6 cm³/mol. The summed E-state index contributed by atoms with van der Waals surface area (Å²) in [7, 11) is 0. The molecule has 0 spiro atoms. The minimum absolute atomic E-state index is 0.0331. The Morgan fingerprint density at radius 3 is 2.79 bits per heavy atom. The summed E-state index contributed by atoms with van der Waals surface area (Å²) < 4.78 is 1.02. The van der Waals surface area contributed by atoms with E-state index in [1.807, 2.05) is 29.6 Å². The quantitative estimate of drug-likeness (QED) is 0.372. The molecule has 1 N–H and O–H groups in total. The fraction of sp³-hybridized carbons (Fsp3) is 0. The van der Waals surface area contributed by atoms with Crippen molar-refractivity contribution in [1.82, 2.24) is 4.98 Å². The molecule has 0 amide bonds. The molecule has 1 aromatic heterocycles. The van der Waals surface area contributed by atoms with Crippen molar-refractivity contribution in [3.63, 3.8) is 0 Å². The van der Waals surface area contributed by atoms with Crippen LogP contribution in [0.3, 0.4) is 0 Å². The van der Waals surface area contributed by atoms with Crippen molar-refractivity contribution in [3.05, 3.63) is 74.1 Å². The Bertz CT molecular complexity index is 893. The van der Waals surface area contributed by atoms with Crippen LogP contribution in [-0.4, -0.2) is 16.1 Å². The molecule has 120 valence electrons. The van der Waals surface area contributed by atoms with Crippen molar-refractivity contribution in [3.8, 4) is 11.3 Å². The van der Waals surface area contributed by atoms with E-state index in [1.54, 1.807) is 12.1 Å². The van der Waals surface area contributed by atoms with Gasteiger partial charge in [-0.15, -0.1) is 11.3 Å². The topological polar surface area (TPSA) is 80.4 Å². The summed E-state index contributed by atoms with van der Waals surface area (Å²) >= 11 is 4.84. The fourth-order valence-electron chi connectivity index (χ4n) is 1.96. The van der Waals surface area contributed by atoms with E-state index in [2.05, 4.69) is 31.4 Å². The lowest BCUT2D eigenvalue weighted by Gasteiger charge is -1.97. The summed E-state index contributed by atoms with van der Waals surface area (Å²) in [5.41, 5.74) is 5.39. The first-order valence-electron chi connectivity index (χ1n) is 6.87. The van der Waals surface area contributed by atoms with Crippen LogP contribution in [0.25, 0.3) is 11.3 Å². The minimum Gasteiger partial charge on any atom is -0.258 e. The SMILES string of the molecule is O=[N+]([O-])c1cccc(C=NNc2nc(-c3ccc(Br)cc3)cs2)c1. The third-order valence-electron chi connectivity index (χ3n) is 3.10. The van der Waals surface area contributed by atoms with Crippen LogP contribution in [-0.2, 0) is 0 Å². The number of halogens is 1. The third-order valence-corrected chi connectivity index (χ3v) is 4.37. The molecule has 0 saturated heterocycles. The smallest absolute Gasteiger partial charge is 0.258 e. The molecule has 0 radical (unpaired) electrons. The zero-order valence-electron chi connectivity index (χ0n) is 12.2. The maximum absolute atomic E-state index is 10.7. The Balaban J connectivity index is 1.68. The number of non-ortho nitro benzene ring substituents is 1. The number of nitrogens with zero attached hydrogens (tertiary/aromatic N) is 3. The molecule has 0 unspecified atom stereocenters. The molecule has 24 heavy (non-hydrogen) atoms. The van der Waals surface area contributed by atoms with Crippen molar-refractivity contribution < 1.29 is 4.92 Å². The largest absolute Gasteiger partial charge is 0.270 e. The first-order chi connectivity index (χ1) is 11.6. The number of hydrogen-bond donors (Lipinski definition) is 1. The molecule has 0 saturated carbocycles. The van der Waals surface area contributed by atoms with Gasteiger partial charge in [-0.3, -0.25) is 15.5 Å². The predicted octanol–water partition coefficient (Wildman–Crippen LogP) is 4.93. The number of nitro benzene ring substituents is 1. The molecule has 1 heterocycles. The van der Waals surface area contributed by atoms with Gasteiger partial charge in [0.25, 0.3) is 5.69 Å². The van der Waals surface area contributed by atoms with Gasteiger partial charge in [-0.25, -0.2) is 4.98 Å². The van der Waals surface area contributed by atoms with Gasteiger partial charge in [0.1, 0.15) is 0 Å². The Morgan fingerprint density at radius 1 is 1.25 bits per heavy atom. The minimum atomic E-state index is -0.434. The summed E-state index contributed by atoms with van der Waals surface area (Å²) in [6.45, 7) is 0. The highest BCUT2D eigenvalue weighted by Crippen LogP contribution is 2.26. The van der Waals surface area contributed by atoms with Crippen molar-refractivity contribution >= 4 is 44.3 Å². The van der Waals surface area contributed by atoms with Crippen LogP contribution >= 0.6 is 27.3 Å². The van der Waals surface area contributed by atoms with Gasteiger partial charge >= 0.3 is 0 Å². The molecular weight excluding hydrogens is 392 g/mol. The lowest BCUT2D eigenvalue weighted by atomic mass is 10.2. The maximum atomic E-state index is 10.7. The molecule has 0 aliphatic rings. The number of benzene rings is 2. The lowest BCUT2D eigenvalue weighted by molar-refractivity contribution is -0.384. The number of hydrogen-bond acceptors (Lipinski definition) is 6. The van der Waals surface area contributed by atoms with Gasteiger partial charge in [0.15, 0.2) is 0 Å². The van der Waals surface area contributed by atoms with E-state index in [9.17, 15) is 10.1 Å². The number of anilines is 1. The second-order valence-electron chi connectivity index (χ2n) is 4.77. The van der Waals surface area contributed by atoms with E-state index < -0.39 is 4.92 Å². The summed E-state index contributed by atoms with van der Waals surface area (Å²) in [5.74, 6) is 0. The van der Waals surface area contributed by atoms with Crippen molar-refractivity contribution in [1.29, 1.82) is 0 Å². The third kappa shape index (κ3) is 4.03. The molecule has 6 nitrogen and oxygen atoms in total. The van der Waals surface area contributed by atoms with Crippen LogP contribution in [0.1, 0.15) is 5.56 Å². The number of nitrogens with one attached hydrogen (secondary N) is 1. The standard InChI is InChI=1S/C16H11BrN4O2S/c17-13-6-4-12(5-7-13)15-10-24-16(19-15)20-18-9-11-2-1-3-14(8-11)21(22)23/h1-10H,(H,19,20). The van der Waals surface area contributed by atoms with Gasteiger partial charge in [-0.2, -0.15) is 5.10 Å². The zero-order chi connectivity index (χ0) is 16.9. The number of nitro groups is 1. The highest BCUT2D eigenvalue weighted by atomic mass is 79.9. The maximum Gasteiger partial charge on any atom is 0.270 e. The van der Waals surface area contributed by atoms with Gasteiger partial charge in [0.2, 0.25) is 5.13 Å². The van der Waals surface area contributed by atoms with Crippen LogP contribution in [0, 0.1) is 10.1 Å². The molecule has 3 aromatic rings. The van der Waals surface area contributed by atoms with Crippen LogP contribution in [0.5, 0.6) is 0 Å². The highest BCUT2D eigenvalue weighted by molar-refractivity contribution is 9.10. The van der Waals surface area contributed by atoms with Crippen LogP contribution in [0.15, 0.2) is 63.5 Å². The average molecular weight is 403 g/mol. The van der Waals surface area contributed by atoms with Crippen LogP contribution < -0.4 is 5.43 Å². The molecule has 3 rings (SSSR count). The Kier molecular flexibility index (Phi) is 4.97. The van der Waals surface area contributed by atoms with Gasteiger partial charge in [0, 0.05) is 33.1 Å². The molecule has 0 fully saturated rings. The van der Waals surface area contributed by atoms with Gasteiger partial charge in [0.05, 0.1) is 16.8 Å². The number of thiazole rings is 1. The molecular formula is C16H11BrN4O2S. The van der Waals surface area contributed by atoms with Crippen molar-refractivity contribution in [2.24, 2.45) is 5.10 Å². The highest BCUT2D eigenvalue weighted by Gasteiger charge is 2.05. The van der Waals surface area contributed by atoms with E-state index in [-0.39, 0.29) is 5.69 Å². The first kappa shape index (κ1) is 16.3. The van der Waals surface area contributed by atoms with Crippen molar-refractivity contribution in [2.75, 3.05) is 5.43 Å². The normalized spacial score (nSPS) is 10.9. The molecule has 0 bridgehead atoms. The van der Waals surface area contributed by atoms with E-state index in [1.165, 1.54) is 29.7 Å². The number of hydrazone groups is 1. The molecule has 0 atom stereocenters. The van der Waals surface area contributed by atoms with E-state index in [0.717, 1.165) is 15.7 Å². The second-order valence-corrected chi connectivity index (χ2v) is 6.54. The first-order valence-corrected chi connectivity index (χ1v) is 8.54. The summed E-state index contributed by atoms with van der Waals surface area (Å²) in [6, 6.07) is 14.1. The molecule has 0 aliphatic carbocycles. The zero-order valence-corrected chi connectivity index (χ0v) is 14.6. The Hall–Kier alpha value is -2.58. The average Bonchev–Trinajstić information content (AvgIpc) is 3.05. The second kappa shape index (κ2) is 7.33. The van der Waals surface area contributed by atoms with Crippen molar-refractivity contribution in [2.45, 2.75) is 0 Å². The van der Waals surface area contributed by atoms with Crippen LogP contribution in [0.2, 0.25) is 0 Å². The lowest BCUT2D eigenvalue weighted by Crippen LogP contribution is -1.92. The number of aromatic nitrogens is 1. The summed E-state index contributed by atoms with van der Waals surface area (Å²) in [5, 5.41) is 17.4. The van der Waals surface area contributed by atoms with Gasteiger partial charge in [-0.05, 0) is 12.1 Å². The fourth-order valence-corrected chi connectivity index (χ4v) is 2.89. The van der Waals surface area contributed by atoms with E-state index in [0.29, 0.717) is 10.7 Å². The Morgan fingerprint density at radius 2 is 2.04 bits per heavy atom. The van der Waals surface area contributed by atoms with Crippen LogP contribution in [0.4, 0.5) is 10.8 Å². The van der Waals surface area contributed by atoms with E-state index >= 15 is 0 Å². The Labute approximate surface area is 150 Å². The molecule has 2 aromatic carbocycles. The monoisotopic (exact) mass is 402 g/mol. The molecule has 0 aliphatic heterocycles. The molecule has 8 heteroatoms. The van der Waals surface area contributed by atoms with Gasteiger partial charge in [-0.1, -0.05) is 40.2 Å². The van der Waals surface area contributed by atoms with E-state index in [4.69, 9.17) is 0 Å². The van der Waals surface area contributed by atoms with Gasteiger partial charge < -0.3 is 0 Å².